The number of hydrogen-bond acceptors (Lipinski definition) is 8. The van der Waals surface area contributed by atoms with Crippen molar-refractivity contribution >= 4 is 43.1 Å². The van der Waals surface area contributed by atoms with Gasteiger partial charge in [0.2, 0.25) is 0 Å². The van der Waals surface area contributed by atoms with Crippen LogP contribution in [0.3, 0.4) is 0 Å². The van der Waals surface area contributed by atoms with Gasteiger partial charge in [-0.1, -0.05) is 0 Å². The first-order chi connectivity index (χ1) is 14.9. The number of benzene rings is 1. The van der Waals surface area contributed by atoms with E-state index in [4.69, 9.17) is 15.8 Å². The first kappa shape index (κ1) is 20.6. The quantitative estimate of drug-likeness (QED) is 0.416. The summed E-state index contributed by atoms with van der Waals surface area (Å²) < 4.78 is 2.51. The molecule has 0 bridgehead atoms. The molecule has 3 aromatic heterocycles. The Kier molecular flexibility index (Phi) is 5.49. The van der Waals surface area contributed by atoms with E-state index in [1.54, 1.807) is 18.2 Å². The van der Waals surface area contributed by atoms with E-state index in [0.29, 0.717) is 15.9 Å². The summed E-state index contributed by atoms with van der Waals surface area (Å²) in [4.78, 5) is 15.0. The van der Waals surface area contributed by atoms with E-state index in [1.807, 2.05) is 48.6 Å². The number of hydrogen-bond donors (Lipinski definition) is 2. The van der Waals surface area contributed by atoms with Crippen molar-refractivity contribution in [2.24, 2.45) is 0 Å². The van der Waals surface area contributed by atoms with Gasteiger partial charge in [-0.3, -0.25) is 0 Å². The van der Waals surface area contributed by atoms with Crippen molar-refractivity contribution in [1.29, 1.82) is 5.26 Å². The minimum atomic E-state index is -0.916. The van der Waals surface area contributed by atoms with Gasteiger partial charge < -0.3 is 0 Å². The van der Waals surface area contributed by atoms with Crippen molar-refractivity contribution in [2.45, 2.75) is 18.6 Å². The van der Waals surface area contributed by atoms with Crippen LogP contribution in [0.5, 0.6) is 5.75 Å². The average Bonchev–Trinajstić information content (AvgIpc) is 3.13. The molecular weight excluding hydrogens is 455 g/mol. The molecule has 10 heteroatoms. The number of nitriles is 1. The second kappa shape index (κ2) is 8.24. The number of aromatic nitrogens is 5. The van der Waals surface area contributed by atoms with Gasteiger partial charge in [0.05, 0.1) is 0 Å². The van der Waals surface area contributed by atoms with Gasteiger partial charge in [0, 0.05) is 0 Å². The molecule has 31 heavy (non-hydrogen) atoms. The molecule has 0 fully saturated rings. The Morgan fingerprint density at radius 1 is 1.29 bits per heavy atom. The predicted molar refractivity (Wildman–Crippen MR) is 120 cm³/mol. The Morgan fingerprint density at radius 2 is 2.10 bits per heavy atom. The zero-order valence-corrected chi connectivity index (χ0v) is 19.4. The van der Waals surface area contributed by atoms with Crippen LogP contribution in [0.1, 0.15) is 28.6 Å². The van der Waals surface area contributed by atoms with Crippen LogP contribution in [0, 0.1) is 18.3 Å². The second-order valence-electron chi connectivity index (χ2n) is 7.12. The molecule has 0 aliphatic heterocycles. The second-order valence-corrected chi connectivity index (χ2v) is 10.5. The summed E-state index contributed by atoms with van der Waals surface area (Å²) in [6, 6.07) is 11.1. The minimum absolute atomic E-state index is 0.00941. The predicted octanol–water partition coefficient (Wildman–Crippen LogP) is 1.58. The Balaban J connectivity index is 1.78. The van der Waals surface area contributed by atoms with Crippen molar-refractivity contribution in [3.05, 3.63) is 59.8 Å². The van der Waals surface area contributed by atoms with Crippen LogP contribution < -0.4 is 15.1 Å². The number of aryl methyl sites for hydroxylation is 1. The summed E-state index contributed by atoms with van der Waals surface area (Å²) >= 11 is -0.916. The van der Waals surface area contributed by atoms with E-state index in [-0.39, 0.29) is 16.3 Å². The first-order valence-electron chi connectivity index (χ1n) is 9.54. The molecule has 0 aliphatic carbocycles. The number of phenols is 1. The van der Waals surface area contributed by atoms with Crippen LogP contribution in [0.15, 0.2) is 42.9 Å². The maximum absolute atomic E-state index is 9.91. The van der Waals surface area contributed by atoms with Gasteiger partial charge in [-0.25, -0.2) is 0 Å². The molecule has 3 N–H and O–H groups in total. The molecule has 0 spiro atoms. The van der Waals surface area contributed by atoms with E-state index >= 15 is 0 Å². The third kappa shape index (κ3) is 3.90. The van der Waals surface area contributed by atoms with E-state index in [2.05, 4.69) is 16.0 Å². The number of rotatable bonds is 5. The molecule has 0 saturated heterocycles. The molecule has 2 unspecified atom stereocenters. The summed E-state index contributed by atoms with van der Waals surface area (Å²) in [5.41, 5.74) is 8.94. The van der Waals surface area contributed by atoms with Crippen LogP contribution >= 0.6 is 0 Å². The van der Waals surface area contributed by atoms with Gasteiger partial charge in [-0.2, -0.15) is 0 Å². The zero-order chi connectivity index (χ0) is 22.1. The molecule has 0 aliphatic rings. The number of aromatic hydroxyl groups is 1. The molecule has 3 heterocycles. The van der Waals surface area contributed by atoms with Gasteiger partial charge in [-0.05, 0) is 0 Å². The number of nitrogens with two attached hydrogens (primary N) is 1. The Hall–Kier alpha value is -3.63. The monoisotopic (exact) mass is 476 g/mol. The number of fused-ring (bicyclic) bond motifs is 1. The van der Waals surface area contributed by atoms with Crippen molar-refractivity contribution < 1.29 is 5.11 Å². The summed E-state index contributed by atoms with van der Waals surface area (Å²) in [7, 11) is 1.91. The van der Waals surface area contributed by atoms with E-state index in [0.717, 1.165) is 22.6 Å². The molecule has 1 aromatic carbocycles. The Morgan fingerprint density at radius 3 is 2.84 bits per heavy atom. The number of phenolic OH excluding ortho intramolecular Hbond substituents is 1. The Bertz CT molecular complexity index is 1310. The topological polar surface area (TPSA) is 129 Å². The van der Waals surface area contributed by atoms with Gasteiger partial charge >= 0.3 is 186 Å². The average molecular weight is 476 g/mol. The van der Waals surface area contributed by atoms with Crippen molar-refractivity contribution in [3.8, 4) is 11.8 Å². The molecule has 9 nitrogen and oxygen atoms in total. The van der Waals surface area contributed by atoms with E-state index in [9.17, 15) is 10.4 Å². The van der Waals surface area contributed by atoms with Crippen LogP contribution in [0.4, 0.5) is 17.3 Å². The number of anilines is 3. The fraction of sp³-hybridized carbons (Fsp3) is 0.190. The zero-order valence-electron chi connectivity index (χ0n) is 17.3. The fourth-order valence-corrected chi connectivity index (χ4v) is 5.66. The Labute approximate surface area is 185 Å². The maximum atomic E-state index is 9.91. The fourth-order valence-electron chi connectivity index (χ4n) is 3.30. The SMILES string of the molecule is Cc1ccn2nc(C(C)[AsH]c3ncnc(N)c3C#N)nc(N(C)c3cccc(O)c3)c12. The third-order valence-corrected chi connectivity index (χ3v) is 7.79. The normalized spacial score (nSPS) is 12.3. The molecule has 0 amide bonds. The molecule has 2 atom stereocenters. The molecule has 156 valence electrons. The van der Waals surface area contributed by atoms with Gasteiger partial charge in [-0.15, -0.1) is 0 Å². The van der Waals surface area contributed by atoms with Crippen LogP contribution in [0.25, 0.3) is 5.52 Å². The molecule has 4 rings (SSSR count). The third-order valence-electron chi connectivity index (χ3n) is 4.97. The standard InChI is InChI=1S/C21H21AsN8O/c1-12-7-8-30-17(12)21(29(3)14-5-4-6-15(31)9-14)27-20(28-30)13(2)22-18-16(10-23)19(24)26-11-25-18/h4-9,11,13,22,31H,1-3H3,(H2,24,25,26). The summed E-state index contributed by atoms with van der Waals surface area (Å²) in [5, 5.41) is 24.1. The summed E-state index contributed by atoms with van der Waals surface area (Å²) in [6.45, 7) is 4.05. The first-order valence-corrected chi connectivity index (χ1v) is 11.8. The van der Waals surface area contributed by atoms with Crippen molar-refractivity contribution in [1.82, 2.24) is 24.6 Å². The van der Waals surface area contributed by atoms with Crippen LogP contribution in [0.2, 0.25) is 0 Å². The number of nitrogens with zero attached hydrogens (tertiary/aromatic N) is 7. The molecule has 0 saturated carbocycles. The van der Waals surface area contributed by atoms with Crippen LogP contribution in [-0.2, 0) is 0 Å². The van der Waals surface area contributed by atoms with Crippen LogP contribution in [-0.4, -0.2) is 52.5 Å². The van der Waals surface area contributed by atoms with Crippen molar-refractivity contribution in [2.75, 3.05) is 17.7 Å². The summed E-state index contributed by atoms with van der Waals surface area (Å²) in [6.07, 6.45) is 3.30. The molecule has 0 radical (unpaired) electrons. The molecular formula is C21H21AsN8O. The van der Waals surface area contributed by atoms with Crippen molar-refractivity contribution in [3.63, 3.8) is 0 Å². The van der Waals surface area contributed by atoms with E-state index in [1.165, 1.54) is 6.33 Å². The van der Waals surface area contributed by atoms with Gasteiger partial charge in [0.15, 0.2) is 0 Å². The molecule has 4 aromatic rings. The summed E-state index contributed by atoms with van der Waals surface area (Å²) in [5.74, 6) is 1.78. The van der Waals surface area contributed by atoms with Gasteiger partial charge in [0.25, 0.3) is 0 Å². The number of nitrogen functional groups attached to an aromatic ring is 1. The van der Waals surface area contributed by atoms with E-state index < -0.39 is 15.8 Å². The van der Waals surface area contributed by atoms with Gasteiger partial charge in [0.1, 0.15) is 0 Å².